The van der Waals surface area contributed by atoms with Crippen molar-refractivity contribution in [2.45, 2.75) is 12.3 Å². The maximum Gasteiger partial charge on any atom is 1.00 e. The van der Waals surface area contributed by atoms with Crippen molar-refractivity contribution in [2.75, 3.05) is 12.9 Å². The fourth-order valence-corrected chi connectivity index (χ4v) is 3.12. The Morgan fingerprint density at radius 1 is 1.53 bits per heavy atom. The molecule has 2 rings (SSSR count). The largest absolute Gasteiger partial charge is 1.00 e. The van der Waals surface area contributed by atoms with E-state index in [1.165, 1.54) is 18.9 Å². The summed E-state index contributed by atoms with van der Waals surface area (Å²) in [5, 5.41) is 10.6. The summed E-state index contributed by atoms with van der Waals surface area (Å²) in [5.74, 6) is -2.00. The van der Waals surface area contributed by atoms with E-state index < -0.39 is 23.2 Å². The molecule has 0 aromatic carbocycles. The molecule has 1 saturated heterocycles. The number of nitrogens with zero attached hydrogens (tertiary/aromatic N) is 1. The molecule has 0 spiro atoms. The van der Waals surface area contributed by atoms with Crippen LogP contribution in [-0.4, -0.2) is 41.0 Å². The Morgan fingerprint density at radius 3 is 2.68 bits per heavy atom. The van der Waals surface area contributed by atoms with Crippen LogP contribution >= 0.6 is 11.8 Å². The maximum absolute atomic E-state index is 11.8. The van der Waals surface area contributed by atoms with Gasteiger partial charge in [0, 0.05) is 11.8 Å². The van der Waals surface area contributed by atoms with Crippen molar-refractivity contribution in [1.29, 1.82) is 0 Å². The molecule has 0 saturated carbocycles. The number of aliphatic carboxylic acids is 1. The van der Waals surface area contributed by atoms with Gasteiger partial charge in [0.25, 0.3) is 5.91 Å². The van der Waals surface area contributed by atoms with E-state index >= 15 is 0 Å². The third-order valence-corrected chi connectivity index (χ3v) is 4.12. The number of carbonyl (C=O) groups excluding carboxylic acids is 3. The molecule has 96 valence electrons. The quantitative estimate of drug-likeness (QED) is 0.223. The molecule has 0 aliphatic carbocycles. The molecule has 6 nitrogen and oxygen atoms in total. The van der Waals surface area contributed by atoms with Gasteiger partial charge in [-0.05, 0) is 12.5 Å². The average molecular weight is 291 g/mol. The maximum atomic E-state index is 11.8. The summed E-state index contributed by atoms with van der Waals surface area (Å²) in [6, 6.07) is 0. The second-order valence-electron chi connectivity index (χ2n) is 3.88. The van der Waals surface area contributed by atoms with Crippen LogP contribution in [0.25, 0.3) is 0 Å². The van der Waals surface area contributed by atoms with Crippen molar-refractivity contribution in [3.63, 3.8) is 0 Å². The minimum atomic E-state index is -1.37. The second-order valence-corrected chi connectivity index (χ2v) is 4.95. The van der Waals surface area contributed by atoms with Crippen LogP contribution in [0.15, 0.2) is 22.9 Å². The van der Waals surface area contributed by atoms with E-state index in [1.807, 2.05) is 0 Å². The first kappa shape index (κ1) is 16.3. The molecule has 1 fully saturated rings. The number of carbonyl (C=O) groups is 3. The summed E-state index contributed by atoms with van der Waals surface area (Å²) in [6.07, 6.45) is 1.10. The van der Waals surface area contributed by atoms with Crippen LogP contribution in [0.5, 0.6) is 0 Å². The standard InChI is InChI=1S/C11H11NO5S.Na/c1-5-4-18-10-6(3-7(13)17-2)9(14)12(10)8(5)11(15)16;/h3,10H,4H2,1-2H3,(H,15,16);/q;+1/p-1/b6-3-;/t10-;/m1./s1. The van der Waals surface area contributed by atoms with E-state index in [4.69, 9.17) is 0 Å². The molecular formula is C11H10NNaO5S. The summed E-state index contributed by atoms with van der Waals surface area (Å²) in [6.45, 7) is 1.64. The number of carboxylic acid groups (broad SMARTS) is 1. The number of rotatable bonds is 2. The van der Waals surface area contributed by atoms with Gasteiger partial charge in [-0.3, -0.25) is 9.69 Å². The predicted molar refractivity (Wildman–Crippen MR) is 60.9 cm³/mol. The zero-order valence-corrected chi connectivity index (χ0v) is 13.6. The Hall–Kier alpha value is -0.760. The number of thioether (sulfide) groups is 1. The normalized spacial score (nSPS) is 23.5. The molecule has 0 aromatic rings. The van der Waals surface area contributed by atoms with Gasteiger partial charge >= 0.3 is 35.5 Å². The van der Waals surface area contributed by atoms with E-state index in [0.717, 1.165) is 11.0 Å². The molecule has 19 heavy (non-hydrogen) atoms. The SMILES string of the molecule is COC(=O)/C=C1/C(=O)N2C(C(=O)[O-])=C(C)CS[C@H]12.[Na+]. The van der Waals surface area contributed by atoms with Crippen LogP contribution < -0.4 is 34.7 Å². The topological polar surface area (TPSA) is 86.7 Å². The fourth-order valence-electron chi connectivity index (χ4n) is 1.88. The molecule has 2 heterocycles. The van der Waals surface area contributed by atoms with Crippen LogP contribution in [-0.2, 0) is 19.1 Å². The number of carboxylic acids is 1. The first-order valence-electron chi connectivity index (χ1n) is 5.13. The molecule has 0 unspecified atom stereocenters. The predicted octanol–water partition coefficient (Wildman–Crippen LogP) is -3.97. The van der Waals surface area contributed by atoms with E-state index in [0.29, 0.717) is 11.3 Å². The van der Waals surface area contributed by atoms with Gasteiger partial charge in [0.15, 0.2) is 0 Å². The first-order chi connectivity index (χ1) is 8.47. The molecular weight excluding hydrogens is 281 g/mol. The van der Waals surface area contributed by atoms with E-state index in [9.17, 15) is 19.5 Å². The average Bonchev–Trinajstić information content (AvgIpc) is 2.34. The van der Waals surface area contributed by atoms with E-state index in [1.54, 1.807) is 6.92 Å². The van der Waals surface area contributed by atoms with Gasteiger partial charge in [0.1, 0.15) is 5.37 Å². The smallest absolute Gasteiger partial charge is 0.543 e. The Bertz CT molecular complexity index is 513. The number of ether oxygens (including phenoxy) is 1. The van der Waals surface area contributed by atoms with Gasteiger partial charge in [0.2, 0.25) is 0 Å². The molecule has 2 aliphatic heterocycles. The number of fused-ring (bicyclic) bond motifs is 1. The number of β-lactam (4-membered cyclic amide) rings is 1. The Kier molecular flexibility index (Phi) is 5.26. The second kappa shape index (κ2) is 6.13. The Labute approximate surface area is 136 Å². The molecule has 0 radical (unpaired) electrons. The summed E-state index contributed by atoms with van der Waals surface area (Å²) in [4.78, 5) is 35.1. The summed E-state index contributed by atoms with van der Waals surface area (Å²) in [7, 11) is 1.21. The summed E-state index contributed by atoms with van der Waals surface area (Å²) in [5.41, 5.74) is 0.755. The minimum Gasteiger partial charge on any atom is -0.543 e. The van der Waals surface area contributed by atoms with Gasteiger partial charge in [-0.2, -0.15) is 0 Å². The number of hydrogen-bond acceptors (Lipinski definition) is 6. The monoisotopic (exact) mass is 291 g/mol. The zero-order chi connectivity index (χ0) is 13.4. The van der Waals surface area contributed by atoms with Crippen LogP contribution in [0, 0.1) is 0 Å². The third kappa shape index (κ3) is 2.74. The van der Waals surface area contributed by atoms with Crippen molar-refractivity contribution in [2.24, 2.45) is 0 Å². The van der Waals surface area contributed by atoms with Gasteiger partial charge in [-0.1, -0.05) is 0 Å². The molecule has 1 amide bonds. The van der Waals surface area contributed by atoms with Crippen molar-refractivity contribution in [3.05, 3.63) is 22.9 Å². The van der Waals surface area contributed by atoms with E-state index in [2.05, 4.69) is 4.74 Å². The van der Waals surface area contributed by atoms with Crippen molar-refractivity contribution < 1.29 is 53.8 Å². The summed E-state index contributed by atoms with van der Waals surface area (Å²) < 4.78 is 4.44. The Balaban J connectivity index is 0.00000180. The number of esters is 1. The van der Waals surface area contributed by atoms with Crippen LogP contribution in [0.1, 0.15) is 6.92 Å². The van der Waals surface area contributed by atoms with Crippen LogP contribution in [0.3, 0.4) is 0 Å². The van der Waals surface area contributed by atoms with Gasteiger partial charge < -0.3 is 14.6 Å². The van der Waals surface area contributed by atoms with Crippen LogP contribution in [0.2, 0.25) is 0 Å². The fraction of sp³-hybridized carbons (Fsp3) is 0.364. The molecule has 0 aromatic heterocycles. The first-order valence-corrected chi connectivity index (χ1v) is 6.18. The number of methoxy groups -OCH3 is 1. The number of amides is 1. The van der Waals surface area contributed by atoms with Gasteiger partial charge in [-0.15, -0.1) is 11.8 Å². The summed E-state index contributed by atoms with van der Waals surface area (Å²) >= 11 is 1.39. The van der Waals surface area contributed by atoms with Crippen molar-refractivity contribution in [1.82, 2.24) is 4.90 Å². The van der Waals surface area contributed by atoms with Crippen molar-refractivity contribution in [3.8, 4) is 0 Å². The molecule has 0 bridgehead atoms. The minimum absolute atomic E-state index is 0. The van der Waals surface area contributed by atoms with Crippen molar-refractivity contribution >= 4 is 29.6 Å². The van der Waals surface area contributed by atoms with Gasteiger partial charge in [0.05, 0.1) is 24.3 Å². The molecule has 8 heteroatoms. The van der Waals surface area contributed by atoms with E-state index in [-0.39, 0.29) is 40.8 Å². The zero-order valence-electron chi connectivity index (χ0n) is 10.8. The van der Waals surface area contributed by atoms with Crippen LogP contribution in [0.4, 0.5) is 0 Å². The third-order valence-electron chi connectivity index (χ3n) is 2.74. The molecule has 1 atom stereocenters. The molecule has 0 N–H and O–H groups in total. The Morgan fingerprint density at radius 2 is 2.16 bits per heavy atom. The van der Waals surface area contributed by atoms with Gasteiger partial charge in [-0.25, -0.2) is 4.79 Å². The molecule has 2 aliphatic rings. The number of hydrogen-bond donors (Lipinski definition) is 0.